The first-order valence-corrected chi connectivity index (χ1v) is 5.89. The van der Waals surface area contributed by atoms with Gasteiger partial charge in [0.25, 0.3) is 0 Å². The molecule has 0 saturated carbocycles. The molecule has 0 saturated heterocycles. The fourth-order valence-electron chi connectivity index (χ4n) is 1.85. The molecule has 0 unspecified atom stereocenters. The highest BCUT2D eigenvalue weighted by Gasteiger charge is 2.16. The summed E-state index contributed by atoms with van der Waals surface area (Å²) in [6.07, 6.45) is 1.57. The van der Waals surface area contributed by atoms with Gasteiger partial charge in [0.1, 0.15) is 6.54 Å². The molecule has 18 heavy (non-hydrogen) atoms. The third-order valence-electron chi connectivity index (χ3n) is 2.83. The Hall–Kier alpha value is -2.11. The summed E-state index contributed by atoms with van der Waals surface area (Å²) in [6.45, 7) is 5.00. The van der Waals surface area contributed by atoms with Crippen molar-refractivity contribution in [3.05, 3.63) is 28.9 Å². The van der Waals surface area contributed by atoms with Crippen molar-refractivity contribution in [3.63, 3.8) is 0 Å². The number of carbonyl (C=O) groups is 1. The second-order valence-corrected chi connectivity index (χ2v) is 3.85. The van der Waals surface area contributed by atoms with Gasteiger partial charge in [-0.15, -0.1) is 0 Å². The number of hydrogen-bond acceptors (Lipinski definition) is 4. The molecule has 2 aromatic rings. The van der Waals surface area contributed by atoms with Crippen molar-refractivity contribution in [2.24, 2.45) is 0 Å². The molecule has 2 aromatic heterocycles. The Kier molecular flexibility index (Phi) is 3.45. The SMILES string of the molecule is CCN(CC)C(=O)Cn1c(=O)oc2cccnc21. The summed E-state index contributed by atoms with van der Waals surface area (Å²) < 4.78 is 6.28. The first kappa shape index (κ1) is 12.3. The zero-order valence-electron chi connectivity index (χ0n) is 10.4. The van der Waals surface area contributed by atoms with Crippen molar-refractivity contribution >= 4 is 17.1 Å². The largest absolute Gasteiger partial charge is 0.421 e. The molecule has 0 atom stereocenters. The normalized spacial score (nSPS) is 10.8. The van der Waals surface area contributed by atoms with Crippen LogP contribution in [0.2, 0.25) is 0 Å². The summed E-state index contributed by atoms with van der Waals surface area (Å²) >= 11 is 0. The molecule has 2 heterocycles. The van der Waals surface area contributed by atoms with Crippen LogP contribution < -0.4 is 5.76 Å². The van der Waals surface area contributed by atoms with E-state index >= 15 is 0 Å². The minimum atomic E-state index is -0.552. The van der Waals surface area contributed by atoms with Crippen LogP contribution in [-0.4, -0.2) is 33.4 Å². The molecule has 6 nitrogen and oxygen atoms in total. The van der Waals surface area contributed by atoms with Gasteiger partial charge in [-0.05, 0) is 26.0 Å². The van der Waals surface area contributed by atoms with Gasteiger partial charge in [-0.1, -0.05) is 0 Å². The van der Waals surface area contributed by atoms with E-state index in [0.29, 0.717) is 24.3 Å². The van der Waals surface area contributed by atoms with E-state index in [0.717, 1.165) is 0 Å². The van der Waals surface area contributed by atoms with Gasteiger partial charge < -0.3 is 9.32 Å². The maximum absolute atomic E-state index is 12.0. The monoisotopic (exact) mass is 249 g/mol. The first-order valence-electron chi connectivity index (χ1n) is 5.89. The van der Waals surface area contributed by atoms with Gasteiger partial charge in [0.2, 0.25) is 5.91 Å². The zero-order chi connectivity index (χ0) is 13.1. The predicted octanol–water partition coefficient (Wildman–Crippen LogP) is 0.858. The molecule has 0 spiro atoms. The van der Waals surface area contributed by atoms with E-state index in [2.05, 4.69) is 4.98 Å². The lowest BCUT2D eigenvalue weighted by Crippen LogP contribution is -2.35. The number of carbonyl (C=O) groups excluding carboxylic acids is 1. The summed E-state index contributed by atoms with van der Waals surface area (Å²) in [5.74, 6) is -0.667. The minimum absolute atomic E-state index is 0.0372. The Labute approximate surface area is 104 Å². The van der Waals surface area contributed by atoms with Crippen LogP contribution in [0.5, 0.6) is 0 Å². The Morgan fingerprint density at radius 1 is 1.44 bits per heavy atom. The molecular weight excluding hydrogens is 234 g/mol. The Morgan fingerprint density at radius 2 is 2.17 bits per heavy atom. The van der Waals surface area contributed by atoms with Crippen LogP contribution in [-0.2, 0) is 11.3 Å². The smallest absolute Gasteiger partial charge is 0.406 e. The summed E-state index contributed by atoms with van der Waals surface area (Å²) in [6, 6.07) is 3.34. The standard InChI is InChI=1S/C12H15N3O3/c1-3-14(4-2)10(16)8-15-11-9(18-12(15)17)6-5-7-13-11/h5-7H,3-4,8H2,1-2H3. The predicted molar refractivity (Wildman–Crippen MR) is 66.2 cm³/mol. The highest BCUT2D eigenvalue weighted by atomic mass is 16.4. The minimum Gasteiger partial charge on any atom is -0.406 e. The zero-order valence-corrected chi connectivity index (χ0v) is 10.4. The molecule has 0 aromatic carbocycles. The van der Waals surface area contributed by atoms with E-state index in [-0.39, 0.29) is 12.5 Å². The van der Waals surface area contributed by atoms with Crippen molar-refractivity contribution in [3.8, 4) is 0 Å². The molecule has 0 aliphatic heterocycles. The average Bonchev–Trinajstić information content (AvgIpc) is 2.68. The van der Waals surface area contributed by atoms with Gasteiger partial charge in [-0.3, -0.25) is 4.79 Å². The van der Waals surface area contributed by atoms with Gasteiger partial charge >= 0.3 is 5.76 Å². The van der Waals surface area contributed by atoms with Gasteiger partial charge in [0.15, 0.2) is 11.2 Å². The van der Waals surface area contributed by atoms with Crippen LogP contribution in [0.1, 0.15) is 13.8 Å². The van der Waals surface area contributed by atoms with Crippen molar-refractivity contribution in [1.82, 2.24) is 14.5 Å². The Balaban J connectivity index is 2.34. The number of hydrogen-bond donors (Lipinski definition) is 0. The van der Waals surface area contributed by atoms with Crippen molar-refractivity contribution < 1.29 is 9.21 Å². The van der Waals surface area contributed by atoms with Crippen molar-refractivity contribution in [1.29, 1.82) is 0 Å². The van der Waals surface area contributed by atoms with Crippen molar-refractivity contribution in [2.45, 2.75) is 20.4 Å². The topological polar surface area (TPSA) is 68.3 Å². The van der Waals surface area contributed by atoms with Crippen LogP contribution in [0.3, 0.4) is 0 Å². The highest BCUT2D eigenvalue weighted by molar-refractivity contribution is 5.78. The summed E-state index contributed by atoms with van der Waals surface area (Å²) in [4.78, 5) is 29.3. The van der Waals surface area contributed by atoms with E-state index in [1.807, 2.05) is 13.8 Å². The van der Waals surface area contributed by atoms with E-state index in [9.17, 15) is 9.59 Å². The van der Waals surface area contributed by atoms with E-state index in [1.165, 1.54) is 4.57 Å². The fourth-order valence-corrected chi connectivity index (χ4v) is 1.85. The summed E-state index contributed by atoms with van der Waals surface area (Å²) in [5, 5.41) is 0. The number of amides is 1. The van der Waals surface area contributed by atoms with Crippen LogP contribution >= 0.6 is 0 Å². The fraction of sp³-hybridized carbons (Fsp3) is 0.417. The molecular formula is C12H15N3O3. The number of rotatable bonds is 4. The lowest BCUT2D eigenvalue weighted by molar-refractivity contribution is -0.131. The highest BCUT2D eigenvalue weighted by Crippen LogP contribution is 2.08. The van der Waals surface area contributed by atoms with Gasteiger partial charge in [-0.2, -0.15) is 0 Å². The second kappa shape index (κ2) is 5.03. The molecule has 0 fully saturated rings. The van der Waals surface area contributed by atoms with Crippen LogP contribution in [0.15, 0.2) is 27.5 Å². The number of nitrogens with zero attached hydrogens (tertiary/aromatic N) is 3. The molecule has 0 N–H and O–H groups in total. The number of likely N-dealkylation sites (N-methyl/N-ethyl adjacent to an activating group) is 1. The quantitative estimate of drug-likeness (QED) is 0.805. The first-order chi connectivity index (χ1) is 8.67. The van der Waals surface area contributed by atoms with E-state index in [1.54, 1.807) is 23.2 Å². The molecule has 0 radical (unpaired) electrons. The van der Waals surface area contributed by atoms with Crippen LogP contribution in [0.25, 0.3) is 11.2 Å². The Morgan fingerprint density at radius 3 is 2.83 bits per heavy atom. The maximum Gasteiger partial charge on any atom is 0.421 e. The molecule has 1 amide bonds. The number of fused-ring (bicyclic) bond motifs is 1. The van der Waals surface area contributed by atoms with Gasteiger partial charge in [0, 0.05) is 19.3 Å². The van der Waals surface area contributed by atoms with Crippen LogP contribution in [0, 0.1) is 0 Å². The third kappa shape index (κ3) is 2.13. The van der Waals surface area contributed by atoms with Gasteiger partial charge in [-0.25, -0.2) is 14.3 Å². The van der Waals surface area contributed by atoms with Crippen molar-refractivity contribution in [2.75, 3.05) is 13.1 Å². The van der Waals surface area contributed by atoms with Gasteiger partial charge in [0.05, 0.1) is 0 Å². The molecule has 0 bridgehead atoms. The maximum atomic E-state index is 12.0. The number of oxazole rings is 1. The van der Waals surface area contributed by atoms with E-state index in [4.69, 9.17) is 4.42 Å². The molecule has 6 heteroatoms. The lowest BCUT2D eigenvalue weighted by Gasteiger charge is -2.18. The molecule has 0 aliphatic rings. The molecule has 96 valence electrons. The number of aromatic nitrogens is 2. The van der Waals surface area contributed by atoms with Crippen LogP contribution in [0.4, 0.5) is 0 Å². The molecule has 2 rings (SSSR count). The Bertz CT molecular complexity index is 610. The summed E-state index contributed by atoms with van der Waals surface area (Å²) in [7, 11) is 0. The lowest BCUT2D eigenvalue weighted by atomic mass is 10.4. The molecule has 0 aliphatic carbocycles. The average molecular weight is 249 g/mol. The number of pyridine rings is 1. The second-order valence-electron chi connectivity index (χ2n) is 3.85. The third-order valence-corrected chi connectivity index (χ3v) is 2.83. The van der Waals surface area contributed by atoms with E-state index < -0.39 is 5.76 Å². The summed E-state index contributed by atoms with van der Waals surface area (Å²) in [5.41, 5.74) is 0.804.